The van der Waals surface area contributed by atoms with Crippen molar-refractivity contribution in [2.24, 2.45) is 0 Å². The summed E-state index contributed by atoms with van der Waals surface area (Å²) in [6, 6.07) is 4.04. The molecule has 2 amide bonds. The van der Waals surface area contributed by atoms with Gasteiger partial charge in [0.05, 0.1) is 11.6 Å². The largest absolute Gasteiger partial charge is 0.491 e. The maximum absolute atomic E-state index is 13.8. The molecule has 2 unspecified atom stereocenters. The van der Waals surface area contributed by atoms with Crippen molar-refractivity contribution in [2.45, 2.75) is 57.5 Å². The summed E-state index contributed by atoms with van der Waals surface area (Å²) < 4.78 is 19.7. The summed E-state index contributed by atoms with van der Waals surface area (Å²) in [5, 5.41) is 0. The van der Waals surface area contributed by atoms with Crippen LogP contribution < -0.4 is 4.74 Å². The van der Waals surface area contributed by atoms with Gasteiger partial charge in [0, 0.05) is 26.1 Å². The molecule has 0 radical (unpaired) electrons. The van der Waals surface area contributed by atoms with Crippen molar-refractivity contribution in [2.75, 3.05) is 20.2 Å². The van der Waals surface area contributed by atoms with E-state index < -0.39 is 5.82 Å². The van der Waals surface area contributed by atoms with E-state index in [0.717, 1.165) is 32.2 Å². The average molecular weight is 362 g/mol. The van der Waals surface area contributed by atoms with Crippen LogP contribution >= 0.6 is 0 Å². The third kappa shape index (κ3) is 3.84. The zero-order valence-corrected chi connectivity index (χ0v) is 15.5. The van der Waals surface area contributed by atoms with Crippen LogP contribution in [0.2, 0.25) is 0 Å². The monoisotopic (exact) mass is 362 g/mol. The van der Waals surface area contributed by atoms with E-state index in [1.165, 1.54) is 18.2 Å². The molecule has 6 heteroatoms. The van der Waals surface area contributed by atoms with Crippen LogP contribution in [0.15, 0.2) is 18.2 Å². The minimum atomic E-state index is -0.453. The van der Waals surface area contributed by atoms with Crippen LogP contribution in [0.4, 0.5) is 4.39 Å². The molecule has 5 nitrogen and oxygen atoms in total. The second-order valence-corrected chi connectivity index (χ2v) is 7.23. The van der Waals surface area contributed by atoms with Crippen LogP contribution in [0, 0.1) is 5.82 Å². The first-order valence-corrected chi connectivity index (χ1v) is 9.50. The van der Waals surface area contributed by atoms with Gasteiger partial charge in [0.25, 0.3) is 5.91 Å². The maximum Gasteiger partial charge on any atom is 0.257 e. The van der Waals surface area contributed by atoms with E-state index in [4.69, 9.17) is 4.74 Å². The molecule has 3 rings (SSSR count). The zero-order valence-electron chi connectivity index (χ0n) is 15.5. The first-order valence-electron chi connectivity index (χ1n) is 9.50. The Morgan fingerprint density at radius 1 is 1.27 bits per heavy atom. The lowest BCUT2D eigenvalue weighted by Crippen LogP contribution is -2.42. The predicted octanol–water partition coefficient (Wildman–Crippen LogP) is 3.23. The molecule has 142 valence electrons. The fraction of sp³-hybridized carbons (Fsp3) is 0.600. The molecular weight excluding hydrogens is 335 g/mol. The SMILES string of the molecule is CCCC1CCC(=O)N2CCCC2COc2ccc(F)cc2C(=O)N1C. The van der Waals surface area contributed by atoms with Gasteiger partial charge in [-0.2, -0.15) is 0 Å². The fourth-order valence-corrected chi connectivity index (χ4v) is 3.97. The number of ether oxygens (including phenoxy) is 1. The third-order valence-electron chi connectivity index (χ3n) is 5.48. The molecule has 2 aliphatic rings. The van der Waals surface area contributed by atoms with Crippen molar-refractivity contribution in [3.05, 3.63) is 29.6 Å². The number of carbonyl (C=O) groups excluding carboxylic acids is 2. The molecule has 0 aromatic heterocycles. The Bertz CT molecular complexity index is 679. The normalized spacial score (nSPS) is 24.4. The molecule has 0 bridgehead atoms. The van der Waals surface area contributed by atoms with Gasteiger partial charge < -0.3 is 14.5 Å². The number of nitrogens with zero attached hydrogens (tertiary/aromatic N) is 2. The van der Waals surface area contributed by atoms with E-state index in [-0.39, 0.29) is 29.5 Å². The molecule has 1 fully saturated rings. The molecule has 1 saturated heterocycles. The summed E-state index contributed by atoms with van der Waals surface area (Å²) in [5.41, 5.74) is 0.255. The van der Waals surface area contributed by atoms with E-state index in [1.807, 2.05) is 4.90 Å². The van der Waals surface area contributed by atoms with Gasteiger partial charge in [0.1, 0.15) is 18.2 Å². The van der Waals surface area contributed by atoms with Crippen LogP contribution in [-0.2, 0) is 4.79 Å². The first kappa shape index (κ1) is 18.7. The average Bonchev–Trinajstić information content (AvgIpc) is 3.10. The number of fused-ring (bicyclic) bond motifs is 2. The van der Waals surface area contributed by atoms with Gasteiger partial charge in [0.2, 0.25) is 5.91 Å². The molecular formula is C20H27FN2O3. The van der Waals surface area contributed by atoms with Crippen LogP contribution in [0.5, 0.6) is 5.75 Å². The zero-order chi connectivity index (χ0) is 18.7. The lowest BCUT2D eigenvalue weighted by Gasteiger charge is -2.31. The van der Waals surface area contributed by atoms with Crippen LogP contribution in [0.3, 0.4) is 0 Å². The van der Waals surface area contributed by atoms with Gasteiger partial charge in [-0.25, -0.2) is 4.39 Å². The van der Waals surface area contributed by atoms with Crippen molar-refractivity contribution in [1.82, 2.24) is 9.80 Å². The number of hydrogen-bond donors (Lipinski definition) is 0. The highest BCUT2D eigenvalue weighted by atomic mass is 19.1. The predicted molar refractivity (Wildman–Crippen MR) is 96.7 cm³/mol. The van der Waals surface area contributed by atoms with Gasteiger partial charge >= 0.3 is 0 Å². The van der Waals surface area contributed by atoms with Crippen molar-refractivity contribution in [3.8, 4) is 5.75 Å². The number of amides is 2. The van der Waals surface area contributed by atoms with Gasteiger partial charge in [-0.15, -0.1) is 0 Å². The van der Waals surface area contributed by atoms with Gasteiger partial charge in [-0.05, 0) is 43.9 Å². The summed E-state index contributed by atoms with van der Waals surface area (Å²) in [7, 11) is 1.73. The van der Waals surface area contributed by atoms with Crippen molar-refractivity contribution < 1.29 is 18.7 Å². The van der Waals surface area contributed by atoms with Crippen molar-refractivity contribution in [1.29, 1.82) is 0 Å². The Morgan fingerprint density at radius 3 is 2.85 bits per heavy atom. The second kappa shape index (κ2) is 8.06. The molecule has 0 N–H and O–H groups in total. The Labute approximate surface area is 154 Å². The number of carbonyl (C=O) groups is 2. The minimum absolute atomic E-state index is 0.0253. The second-order valence-electron chi connectivity index (χ2n) is 7.23. The van der Waals surface area contributed by atoms with Crippen LogP contribution in [0.25, 0.3) is 0 Å². The lowest BCUT2D eigenvalue weighted by molar-refractivity contribution is -0.132. The number of rotatable bonds is 2. The van der Waals surface area contributed by atoms with E-state index in [2.05, 4.69) is 6.92 Å². The standard InChI is InChI=1S/C20H27FN2O3/c1-3-5-15-8-10-19(24)23-11-4-6-16(23)13-26-18-9-7-14(21)12-17(18)20(25)22(15)2/h7,9,12,15-16H,3-6,8,10-11,13H2,1-2H3. The van der Waals surface area contributed by atoms with Gasteiger partial charge in [0.15, 0.2) is 0 Å². The first-order chi connectivity index (χ1) is 12.5. The molecule has 26 heavy (non-hydrogen) atoms. The lowest BCUT2D eigenvalue weighted by atomic mass is 10.0. The number of halogens is 1. The minimum Gasteiger partial charge on any atom is -0.491 e. The number of benzene rings is 1. The van der Waals surface area contributed by atoms with E-state index in [9.17, 15) is 14.0 Å². The summed E-state index contributed by atoms with van der Waals surface area (Å²) in [6.07, 6.45) is 4.64. The molecule has 0 spiro atoms. The fourth-order valence-electron chi connectivity index (χ4n) is 3.97. The third-order valence-corrected chi connectivity index (χ3v) is 5.48. The summed E-state index contributed by atoms with van der Waals surface area (Å²) in [6.45, 7) is 3.15. The number of hydrogen-bond acceptors (Lipinski definition) is 3. The smallest absolute Gasteiger partial charge is 0.257 e. The highest BCUT2D eigenvalue weighted by Gasteiger charge is 2.32. The Balaban J connectivity index is 1.95. The molecule has 0 saturated carbocycles. The maximum atomic E-state index is 13.8. The highest BCUT2D eigenvalue weighted by Crippen LogP contribution is 2.27. The molecule has 0 aliphatic carbocycles. The molecule has 2 heterocycles. The molecule has 1 aromatic carbocycles. The van der Waals surface area contributed by atoms with Gasteiger partial charge in [-0.1, -0.05) is 13.3 Å². The van der Waals surface area contributed by atoms with Crippen molar-refractivity contribution in [3.63, 3.8) is 0 Å². The topological polar surface area (TPSA) is 49.9 Å². The van der Waals surface area contributed by atoms with E-state index in [1.54, 1.807) is 11.9 Å². The molecule has 2 atom stereocenters. The van der Waals surface area contributed by atoms with E-state index in [0.29, 0.717) is 25.2 Å². The Morgan fingerprint density at radius 2 is 2.08 bits per heavy atom. The van der Waals surface area contributed by atoms with E-state index >= 15 is 0 Å². The van der Waals surface area contributed by atoms with Gasteiger partial charge in [-0.3, -0.25) is 9.59 Å². The summed E-state index contributed by atoms with van der Waals surface area (Å²) in [4.78, 5) is 29.2. The summed E-state index contributed by atoms with van der Waals surface area (Å²) in [5.74, 6) is -0.184. The Hall–Kier alpha value is -2.11. The molecule has 1 aromatic rings. The van der Waals surface area contributed by atoms with Crippen LogP contribution in [-0.4, -0.2) is 53.9 Å². The summed E-state index contributed by atoms with van der Waals surface area (Å²) >= 11 is 0. The van der Waals surface area contributed by atoms with Crippen LogP contribution in [0.1, 0.15) is 55.8 Å². The quantitative estimate of drug-likeness (QED) is 0.812. The Kier molecular flexibility index (Phi) is 5.79. The molecule has 2 aliphatic heterocycles. The highest BCUT2D eigenvalue weighted by molar-refractivity contribution is 5.97. The van der Waals surface area contributed by atoms with Crippen molar-refractivity contribution >= 4 is 11.8 Å².